The summed E-state index contributed by atoms with van der Waals surface area (Å²) in [7, 11) is 0. The van der Waals surface area contributed by atoms with Gasteiger partial charge in [-0.25, -0.2) is 0 Å². The van der Waals surface area contributed by atoms with Crippen molar-refractivity contribution in [3.63, 3.8) is 0 Å². The zero-order valence-corrected chi connectivity index (χ0v) is 41.4. The molecule has 0 aromatic heterocycles. The zero-order chi connectivity index (χ0) is 50.2. The Morgan fingerprint density at radius 3 is 1.46 bits per heavy atom. The van der Waals surface area contributed by atoms with E-state index >= 15 is 0 Å². The second-order valence-corrected chi connectivity index (χ2v) is 17.6. The van der Waals surface area contributed by atoms with Crippen LogP contribution >= 0.6 is 0 Å². The van der Waals surface area contributed by atoms with E-state index in [1.54, 1.807) is 48.5 Å². The highest BCUT2D eigenvalue weighted by atomic mass is 16.5. The molecule has 5 rings (SSSR count). The number of benzene rings is 3. The minimum absolute atomic E-state index is 0.00618. The van der Waals surface area contributed by atoms with E-state index in [0.29, 0.717) is 80.7 Å². The van der Waals surface area contributed by atoms with Crippen molar-refractivity contribution in [1.29, 1.82) is 0 Å². The van der Waals surface area contributed by atoms with Crippen LogP contribution in [0.3, 0.4) is 0 Å². The summed E-state index contributed by atoms with van der Waals surface area (Å²) in [5, 5.41) is 5.92. The topological polar surface area (TPSA) is 202 Å². The number of rotatable bonds is 30. The van der Waals surface area contributed by atoms with E-state index in [1.807, 2.05) is 37.3 Å². The van der Waals surface area contributed by atoms with Gasteiger partial charge in [0.15, 0.2) is 0 Å². The lowest BCUT2D eigenvalue weighted by Gasteiger charge is -2.17. The van der Waals surface area contributed by atoms with Crippen molar-refractivity contribution in [1.82, 2.24) is 20.4 Å². The Hall–Kier alpha value is -6.02. The maximum absolute atomic E-state index is 12.8. The first-order valence-corrected chi connectivity index (χ1v) is 25.3. The van der Waals surface area contributed by atoms with Gasteiger partial charge in [0.2, 0.25) is 11.8 Å². The normalized spacial score (nSPS) is 13.3. The average Bonchev–Trinajstić information content (AvgIpc) is 3.76. The summed E-state index contributed by atoms with van der Waals surface area (Å²) < 4.78 is 5.33. The third-order valence-corrected chi connectivity index (χ3v) is 12.0. The van der Waals surface area contributed by atoms with E-state index in [9.17, 15) is 38.4 Å². The summed E-state index contributed by atoms with van der Waals surface area (Å²) in [6.07, 6.45) is 16.8. The number of fused-ring (bicyclic) bond motifs is 2. The number of nitrogens with two attached hydrogens (primary N) is 1. The Labute approximate surface area is 409 Å². The maximum Gasteiger partial charge on any atom is 0.306 e. The number of aldehydes is 1. The summed E-state index contributed by atoms with van der Waals surface area (Å²) in [6, 6.07) is 23.1. The van der Waals surface area contributed by atoms with Crippen LogP contribution in [-0.2, 0) is 30.5 Å². The minimum Gasteiger partial charge on any atom is -0.461 e. The van der Waals surface area contributed by atoms with Gasteiger partial charge in [-0.2, -0.15) is 0 Å². The predicted molar refractivity (Wildman–Crippen MR) is 268 cm³/mol. The van der Waals surface area contributed by atoms with Gasteiger partial charge in [0.05, 0.1) is 28.3 Å². The lowest BCUT2D eigenvalue weighted by atomic mass is 9.94. The van der Waals surface area contributed by atoms with Crippen molar-refractivity contribution in [2.75, 3.05) is 26.2 Å². The quantitative estimate of drug-likeness (QED) is 0.0250. The predicted octanol–water partition coefficient (Wildman–Crippen LogP) is 9.14. The number of hydrogen-bond acceptors (Lipinski definition) is 10. The Balaban J connectivity index is 0.000000359. The van der Waals surface area contributed by atoms with Crippen LogP contribution in [0.2, 0.25) is 0 Å². The van der Waals surface area contributed by atoms with Crippen molar-refractivity contribution >= 4 is 47.7 Å². The molecule has 3 aromatic carbocycles. The first-order chi connectivity index (χ1) is 33.5. The molecule has 2 aliphatic heterocycles. The number of esters is 1. The number of nitrogens with one attached hydrogen (secondary N) is 2. The molecule has 69 heavy (non-hydrogen) atoms. The lowest BCUT2D eigenvalue weighted by Crippen LogP contribution is -2.40. The molecular formula is C55H77N5O9. The van der Waals surface area contributed by atoms with Gasteiger partial charge in [0, 0.05) is 44.9 Å². The van der Waals surface area contributed by atoms with E-state index in [1.165, 1.54) is 9.80 Å². The molecule has 4 N–H and O–H groups in total. The van der Waals surface area contributed by atoms with E-state index < -0.39 is 6.04 Å². The summed E-state index contributed by atoms with van der Waals surface area (Å²) in [6.45, 7) is 8.46. The van der Waals surface area contributed by atoms with Crippen molar-refractivity contribution < 1.29 is 43.1 Å². The number of imide groups is 2. The summed E-state index contributed by atoms with van der Waals surface area (Å²) in [4.78, 5) is 97.9. The Bertz CT molecular complexity index is 2010. The third-order valence-electron chi connectivity index (χ3n) is 12.0. The van der Waals surface area contributed by atoms with E-state index in [2.05, 4.69) is 24.5 Å². The van der Waals surface area contributed by atoms with Crippen LogP contribution in [0.5, 0.6) is 0 Å². The monoisotopic (exact) mass is 952 g/mol. The van der Waals surface area contributed by atoms with Crippen LogP contribution < -0.4 is 16.4 Å². The molecule has 14 heteroatoms. The molecule has 0 fully saturated rings. The fourth-order valence-electron chi connectivity index (χ4n) is 7.90. The maximum atomic E-state index is 12.8. The molecule has 0 bridgehead atoms. The molecule has 0 spiro atoms. The smallest absolute Gasteiger partial charge is 0.306 e. The molecule has 6 amide bonds. The third kappa shape index (κ3) is 20.2. The number of nitrogens with zero attached hydrogens (tertiary/aromatic N) is 2. The van der Waals surface area contributed by atoms with E-state index in [0.717, 1.165) is 108 Å². The van der Waals surface area contributed by atoms with Gasteiger partial charge < -0.3 is 25.9 Å². The van der Waals surface area contributed by atoms with Gasteiger partial charge in [-0.3, -0.25) is 43.4 Å². The summed E-state index contributed by atoms with van der Waals surface area (Å²) >= 11 is 0. The van der Waals surface area contributed by atoms with Crippen LogP contribution in [0.15, 0.2) is 78.9 Å². The van der Waals surface area contributed by atoms with Crippen molar-refractivity contribution in [3.8, 4) is 0 Å². The first kappa shape index (κ1) is 57.3. The van der Waals surface area contributed by atoms with Gasteiger partial charge in [-0.15, -0.1) is 0 Å². The number of hydrogen-bond donors (Lipinski definition) is 3. The number of unbranched alkanes of at least 4 members (excludes halogenated alkanes) is 9. The highest BCUT2D eigenvalue weighted by molar-refractivity contribution is 6.22. The number of amides is 6. The van der Waals surface area contributed by atoms with Crippen LogP contribution in [0.25, 0.3) is 0 Å². The molecule has 0 aliphatic carbocycles. The Morgan fingerprint density at radius 1 is 0.551 bits per heavy atom. The second kappa shape index (κ2) is 33.5. The van der Waals surface area contributed by atoms with Crippen LogP contribution in [0.4, 0.5) is 0 Å². The van der Waals surface area contributed by atoms with Crippen LogP contribution in [0.1, 0.15) is 190 Å². The first-order valence-electron chi connectivity index (χ1n) is 25.3. The molecule has 376 valence electrons. The van der Waals surface area contributed by atoms with Gasteiger partial charge in [-0.1, -0.05) is 114 Å². The molecule has 0 saturated carbocycles. The second-order valence-electron chi connectivity index (χ2n) is 17.6. The van der Waals surface area contributed by atoms with Crippen molar-refractivity contribution in [2.45, 2.75) is 155 Å². The van der Waals surface area contributed by atoms with E-state index in [4.69, 9.17) is 10.5 Å². The number of carbonyl (C=O) groups is 8. The van der Waals surface area contributed by atoms with Crippen molar-refractivity contribution in [3.05, 3.63) is 107 Å². The highest BCUT2D eigenvalue weighted by Gasteiger charge is 2.35. The molecule has 0 radical (unpaired) electrons. The van der Waals surface area contributed by atoms with Gasteiger partial charge >= 0.3 is 5.97 Å². The van der Waals surface area contributed by atoms with Crippen LogP contribution in [0, 0.1) is 5.92 Å². The summed E-state index contributed by atoms with van der Waals surface area (Å²) in [5.41, 5.74) is 8.73. The zero-order valence-electron chi connectivity index (χ0n) is 41.4. The van der Waals surface area contributed by atoms with Gasteiger partial charge in [-0.05, 0) is 100 Å². The molecule has 0 saturated heterocycles. The molecule has 14 nitrogen and oxygen atoms in total. The number of carbonyl (C=O) groups excluding carboxylic acids is 8. The minimum atomic E-state index is -0.432. The molecular weight excluding hydrogens is 875 g/mol. The molecule has 3 aromatic rings. The van der Waals surface area contributed by atoms with E-state index in [-0.39, 0.29) is 47.3 Å². The SMILES string of the molecule is CCCC=O.CCCCC(CCCCCC(=O)OCc1ccccc1)C(=O)NCCCCCN1C(=O)c2ccccc2C1=O.CCCCC(N)C(=O)NCCCCCN1C(=O)c2ccccc2C1=O. The van der Waals surface area contributed by atoms with Crippen molar-refractivity contribution in [2.24, 2.45) is 11.7 Å². The number of ether oxygens (including phenoxy) is 1. The Kier molecular flexibility index (Phi) is 27.8. The van der Waals surface area contributed by atoms with Gasteiger partial charge in [0.1, 0.15) is 12.9 Å². The fourth-order valence-corrected chi connectivity index (χ4v) is 7.90. The Morgan fingerprint density at radius 2 is 1.00 bits per heavy atom. The summed E-state index contributed by atoms with van der Waals surface area (Å²) in [5.74, 6) is -1.04. The average molecular weight is 952 g/mol. The molecule has 2 atom stereocenters. The largest absolute Gasteiger partial charge is 0.461 e. The fraction of sp³-hybridized carbons (Fsp3) is 0.527. The molecule has 2 unspecified atom stereocenters. The standard InChI is InChI=1S/C32H42N2O5.C19H27N3O3.C4H8O/c1-2-3-17-26(18-9-5-10-21-29(35)39-24-25-15-7-4-8-16-25)30(36)33-22-13-6-14-23-34-31(37)27-19-11-12-20-28(27)32(34)38;1-2-3-11-16(20)17(23)21-12-7-4-8-13-22-18(24)14-9-5-6-10-15(14)19(22)25;1-2-3-4-5/h4,7-8,11-12,15-16,19-20,26H,2-3,5-6,9-10,13-14,17-18,21-24H2,1H3,(H,33,36);5-6,9-10,16H,2-4,7-8,11-13,20H2,1H3,(H,21,23);4H,2-3H2,1H3. The van der Waals surface area contributed by atoms with Gasteiger partial charge in [0.25, 0.3) is 23.6 Å². The molecule has 2 aliphatic rings. The lowest BCUT2D eigenvalue weighted by molar-refractivity contribution is -0.145. The van der Waals surface area contributed by atoms with Crippen LogP contribution in [-0.4, -0.2) is 89.7 Å². The highest BCUT2D eigenvalue weighted by Crippen LogP contribution is 2.24. The molecule has 2 heterocycles.